The molecule has 0 aliphatic heterocycles. The molecule has 35 heavy (non-hydrogen) atoms. The minimum atomic E-state index is -1.07. The van der Waals surface area contributed by atoms with Crippen LogP contribution in [0, 0.1) is 0 Å². The Balaban J connectivity index is 1.33. The van der Waals surface area contributed by atoms with Crippen LogP contribution in [0.5, 0.6) is 0 Å². The largest absolute Gasteiger partial charge is 0.480 e. The van der Waals surface area contributed by atoms with Crippen LogP contribution in [0.1, 0.15) is 29.5 Å². The second-order valence-electron chi connectivity index (χ2n) is 8.37. The second kappa shape index (κ2) is 10.3. The van der Waals surface area contributed by atoms with Gasteiger partial charge in [-0.3, -0.25) is 10.1 Å². The van der Waals surface area contributed by atoms with E-state index in [1.54, 1.807) is 30.3 Å². The predicted octanol–water partition coefficient (Wildman–Crippen LogP) is 4.99. The first-order valence-corrected chi connectivity index (χ1v) is 11.2. The first-order valence-electron chi connectivity index (χ1n) is 11.2. The quantitative estimate of drug-likeness (QED) is 0.474. The van der Waals surface area contributed by atoms with Crippen molar-refractivity contribution in [2.75, 3.05) is 19.0 Å². The fourth-order valence-corrected chi connectivity index (χ4v) is 4.07. The molecule has 0 unspecified atom stereocenters. The molecule has 4 rings (SSSR count). The molecule has 178 valence electrons. The number of benzene rings is 3. The van der Waals surface area contributed by atoms with E-state index in [-0.39, 0.29) is 12.5 Å². The van der Waals surface area contributed by atoms with Gasteiger partial charge in [0.25, 0.3) is 0 Å². The highest BCUT2D eigenvalue weighted by atomic mass is 16.5. The van der Waals surface area contributed by atoms with Gasteiger partial charge in [0, 0.05) is 24.7 Å². The molecule has 2 amide bonds. The molecule has 0 aromatic heterocycles. The van der Waals surface area contributed by atoms with E-state index < -0.39 is 24.0 Å². The Morgan fingerprint density at radius 3 is 2.11 bits per heavy atom. The molecule has 0 fully saturated rings. The molecule has 0 heterocycles. The van der Waals surface area contributed by atoms with E-state index in [1.807, 2.05) is 24.3 Å². The van der Waals surface area contributed by atoms with Gasteiger partial charge in [-0.15, -0.1) is 0 Å². The number of nitrogens with one attached hydrogen (secondary N) is 1. The van der Waals surface area contributed by atoms with Crippen molar-refractivity contribution >= 4 is 29.7 Å². The Morgan fingerprint density at radius 2 is 1.54 bits per heavy atom. The molecule has 1 atom stereocenters. The Hall–Kier alpha value is -4.39. The lowest BCUT2D eigenvalue weighted by atomic mass is 9.98. The number of hydrogen-bond acceptors (Lipinski definition) is 4. The van der Waals surface area contributed by atoms with Crippen LogP contribution in [0.4, 0.5) is 10.5 Å². The van der Waals surface area contributed by atoms with Crippen molar-refractivity contribution in [2.24, 2.45) is 0 Å². The fourth-order valence-electron chi connectivity index (χ4n) is 4.07. The maximum atomic E-state index is 12.4. The lowest BCUT2D eigenvalue weighted by molar-refractivity contribution is -0.146. The van der Waals surface area contributed by atoms with E-state index in [0.29, 0.717) is 5.69 Å². The third kappa shape index (κ3) is 5.24. The van der Waals surface area contributed by atoms with Gasteiger partial charge in [-0.05, 0) is 52.9 Å². The summed E-state index contributed by atoms with van der Waals surface area (Å²) in [6.07, 6.45) is 2.35. The monoisotopic (exact) mass is 470 g/mol. The molecular formula is C28H26N2O5. The number of carboxylic acid groups (broad SMARTS) is 1. The standard InChI is InChI=1S/C28H26N2O5/c1-18(27(32)33)30(2)26(31)16-13-19-11-14-20(15-12-19)29-28(34)35-17-25-23-9-5-3-7-21(23)22-8-4-6-10-24(22)25/h3-16,18,25H,17H2,1-2H3,(H,29,34)(H,32,33)/b16-13+/t18-/m0/s1. The van der Waals surface area contributed by atoms with Crippen LogP contribution in [0.25, 0.3) is 17.2 Å². The minimum absolute atomic E-state index is 0.0137. The molecule has 0 saturated heterocycles. The third-order valence-electron chi connectivity index (χ3n) is 6.21. The molecule has 0 spiro atoms. The summed E-state index contributed by atoms with van der Waals surface area (Å²) in [4.78, 5) is 36.7. The number of rotatable bonds is 7. The zero-order valence-electron chi connectivity index (χ0n) is 19.5. The van der Waals surface area contributed by atoms with Gasteiger partial charge in [0.2, 0.25) is 5.91 Å². The van der Waals surface area contributed by atoms with Gasteiger partial charge in [-0.2, -0.15) is 0 Å². The zero-order chi connectivity index (χ0) is 24.9. The second-order valence-corrected chi connectivity index (χ2v) is 8.37. The SMILES string of the molecule is C[C@@H](C(=O)O)N(C)C(=O)/C=C/c1ccc(NC(=O)OCC2c3ccccc3-c3ccccc32)cc1. The topological polar surface area (TPSA) is 95.9 Å². The molecule has 2 N–H and O–H groups in total. The predicted molar refractivity (Wildman–Crippen MR) is 134 cm³/mol. The number of carbonyl (C=O) groups is 3. The number of likely N-dealkylation sites (N-methyl/N-ethyl adjacent to an activating group) is 1. The van der Waals surface area contributed by atoms with Crippen LogP contribution in [-0.2, 0) is 14.3 Å². The summed E-state index contributed by atoms with van der Waals surface area (Å²) >= 11 is 0. The molecule has 7 heteroatoms. The number of fused-ring (bicyclic) bond motifs is 3. The third-order valence-corrected chi connectivity index (χ3v) is 6.21. The van der Waals surface area contributed by atoms with E-state index in [4.69, 9.17) is 9.84 Å². The normalized spacial score (nSPS) is 13.1. The summed E-state index contributed by atoms with van der Waals surface area (Å²) < 4.78 is 5.56. The number of anilines is 1. The summed E-state index contributed by atoms with van der Waals surface area (Å²) in [5.41, 5.74) is 5.92. The van der Waals surface area contributed by atoms with Crippen molar-refractivity contribution < 1.29 is 24.2 Å². The van der Waals surface area contributed by atoms with Crippen molar-refractivity contribution in [3.05, 3.63) is 95.6 Å². The lowest BCUT2D eigenvalue weighted by Gasteiger charge is -2.19. The molecule has 0 bridgehead atoms. The van der Waals surface area contributed by atoms with E-state index in [2.05, 4.69) is 29.6 Å². The highest BCUT2D eigenvalue weighted by Gasteiger charge is 2.29. The maximum absolute atomic E-state index is 12.4. The van der Waals surface area contributed by atoms with Gasteiger partial charge in [-0.25, -0.2) is 9.59 Å². The smallest absolute Gasteiger partial charge is 0.411 e. The molecule has 0 radical (unpaired) electrons. The molecule has 3 aromatic carbocycles. The molecule has 1 aliphatic rings. The van der Waals surface area contributed by atoms with Gasteiger partial charge < -0.3 is 14.7 Å². The number of carbonyl (C=O) groups excluding carboxylic acids is 2. The van der Waals surface area contributed by atoms with Gasteiger partial charge in [0.05, 0.1) is 0 Å². The Kier molecular flexibility index (Phi) is 6.96. The average Bonchev–Trinajstić information content (AvgIpc) is 3.19. The number of amides is 2. The zero-order valence-corrected chi connectivity index (χ0v) is 19.5. The van der Waals surface area contributed by atoms with Gasteiger partial charge >= 0.3 is 12.1 Å². The summed E-state index contributed by atoms with van der Waals surface area (Å²) in [5.74, 6) is -1.50. The van der Waals surface area contributed by atoms with Gasteiger partial charge in [0.1, 0.15) is 12.6 Å². The van der Waals surface area contributed by atoms with Gasteiger partial charge in [0.15, 0.2) is 0 Å². The fraction of sp³-hybridized carbons (Fsp3) is 0.179. The van der Waals surface area contributed by atoms with Crippen LogP contribution >= 0.6 is 0 Å². The van der Waals surface area contributed by atoms with Crippen LogP contribution < -0.4 is 5.32 Å². The number of aliphatic carboxylic acids is 1. The van der Waals surface area contributed by atoms with E-state index in [0.717, 1.165) is 21.6 Å². The minimum Gasteiger partial charge on any atom is -0.480 e. The number of ether oxygens (including phenoxy) is 1. The van der Waals surface area contributed by atoms with Crippen molar-refractivity contribution in [2.45, 2.75) is 18.9 Å². The average molecular weight is 471 g/mol. The highest BCUT2D eigenvalue weighted by Crippen LogP contribution is 2.44. The first kappa shape index (κ1) is 23.8. The Morgan fingerprint density at radius 1 is 0.971 bits per heavy atom. The number of nitrogens with zero attached hydrogens (tertiary/aromatic N) is 1. The van der Waals surface area contributed by atoms with Crippen LogP contribution in [0.3, 0.4) is 0 Å². The number of carboxylic acids is 1. The lowest BCUT2D eigenvalue weighted by Crippen LogP contribution is -2.39. The van der Waals surface area contributed by atoms with Crippen LogP contribution in [-0.4, -0.2) is 47.7 Å². The van der Waals surface area contributed by atoms with E-state index in [9.17, 15) is 14.4 Å². The summed E-state index contributed by atoms with van der Waals surface area (Å²) in [6.45, 7) is 1.67. The van der Waals surface area contributed by atoms with Gasteiger partial charge in [-0.1, -0.05) is 60.7 Å². The van der Waals surface area contributed by atoms with Crippen molar-refractivity contribution in [1.82, 2.24) is 4.90 Å². The Labute approximate surface area is 203 Å². The molecule has 1 aliphatic carbocycles. The molecule has 7 nitrogen and oxygen atoms in total. The molecule has 0 saturated carbocycles. The van der Waals surface area contributed by atoms with Crippen molar-refractivity contribution in [1.29, 1.82) is 0 Å². The summed E-state index contributed by atoms with van der Waals surface area (Å²) in [5, 5.41) is 11.7. The molecular weight excluding hydrogens is 444 g/mol. The summed E-state index contributed by atoms with van der Waals surface area (Å²) in [7, 11) is 1.44. The van der Waals surface area contributed by atoms with E-state index in [1.165, 1.54) is 31.2 Å². The molecule has 3 aromatic rings. The first-order chi connectivity index (χ1) is 16.8. The number of hydrogen-bond donors (Lipinski definition) is 2. The highest BCUT2D eigenvalue weighted by molar-refractivity contribution is 5.94. The summed E-state index contributed by atoms with van der Waals surface area (Å²) in [6, 6.07) is 22.3. The van der Waals surface area contributed by atoms with E-state index >= 15 is 0 Å². The Bertz CT molecular complexity index is 1240. The van der Waals surface area contributed by atoms with Crippen LogP contribution in [0.2, 0.25) is 0 Å². The van der Waals surface area contributed by atoms with Crippen LogP contribution in [0.15, 0.2) is 78.9 Å². The van der Waals surface area contributed by atoms with Crippen molar-refractivity contribution in [3.8, 4) is 11.1 Å². The maximum Gasteiger partial charge on any atom is 0.411 e. The van der Waals surface area contributed by atoms with Crippen molar-refractivity contribution in [3.63, 3.8) is 0 Å².